The van der Waals surface area contributed by atoms with Crippen LogP contribution in [0, 0.1) is 5.41 Å². The van der Waals surface area contributed by atoms with Gasteiger partial charge in [-0.05, 0) is 30.2 Å². The molecule has 2 rings (SSSR count). The van der Waals surface area contributed by atoms with Crippen LogP contribution in [-0.2, 0) is 11.2 Å². The van der Waals surface area contributed by atoms with Gasteiger partial charge in [-0.1, -0.05) is 44.2 Å². The van der Waals surface area contributed by atoms with Crippen LogP contribution in [0.1, 0.15) is 32.3 Å². The summed E-state index contributed by atoms with van der Waals surface area (Å²) in [6.45, 7) is 10.1. The second kappa shape index (κ2) is 7.06. The lowest BCUT2D eigenvalue weighted by molar-refractivity contribution is 0.128. The second-order valence-electron chi connectivity index (χ2n) is 6.39. The minimum atomic E-state index is 0.375. The Balaban J connectivity index is 1.80. The molecule has 2 nitrogen and oxygen atoms in total. The van der Waals surface area contributed by atoms with E-state index in [1.165, 1.54) is 37.9 Å². The van der Waals surface area contributed by atoms with Crippen LogP contribution in [0.25, 0.3) is 0 Å². The van der Waals surface area contributed by atoms with E-state index in [-0.39, 0.29) is 0 Å². The number of ether oxygens (including phenoxy) is 1. The summed E-state index contributed by atoms with van der Waals surface area (Å²) >= 11 is 0. The predicted octanol–water partition coefficient (Wildman–Crippen LogP) is 3.37. The van der Waals surface area contributed by atoms with E-state index in [1.54, 1.807) is 0 Å². The van der Waals surface area contributed by atoms with E-state index in [2.05, 4.69) is 49.1 Å². The SMILES string of the molecule is CC(C)(CCc1ccccc1)CN1CCCOCC1. The van der Waals surface area contributed by atoms with Gasteiger partial charge in [-0.2, -0.15) is 0 Å². The van der Waals surface area contributed by atoms with Gasteiger partial charge in [0.2, 0.25) is 0 Å². The van der Waals surface area contributed by atoms with Crippen LogP contribution < -0.4 is 0 Å². The van der Waals surface area contributed by atoms with Gasteiger partial charge < -0.3 is 9.64 Å². The van der Waals surface area contributed by atoms with Crippen molar-refractivity contribution in [1.82, 2.24) is 4.90 Å². The van der Waals surface area contributed by atoms with E-state index in [9.17, 15) is 0 Å². The highest BCUT2D eigenvalue weighted by molar-refractivity contribution is 5.14. The summed E-state index contributed by atoms with van der Waals surface area (Å²) in [6, 6.07) is 10.8. The van der Waals surface area contributed by atoms with Crippen molar-refractivity contribution in [2.24, 2.45) is 5.41 Å². The van der Waals surface area contributed by atoms with Crippen LogP contribution in [0.15, 0.2) is 30.3 Å². The molecule has 0 amide bonds. The normalized spacial score (nSPS) is 18.2. The van der Waals surface area contributed by atoms with Crippen molar-refractivity contribution in [1.29, 1.82) is 0 Å². The highest BCUT2D eigenvalue weighted by Gasteiger charge is 2.22. The first-order valence-corrected chi connectivity index (χ1v) is 7.50. The van der Waals surface area contributed by atoms with Gasteiger partial charge in [0.1, 0.15) is 0 Å². The lowest BCUT2D eigenvalue weighted by Crippen LogP contribution is -2.36. The maximum Gasteiger partial charge on any atom is 0.0593 e. The fraction of sp³-hybridized carbons (Fsp3) is 0.647. The van der Waals surface area contributed by atoms with Crippen molar-refractivity contribution in [3.8, 4) is 0 Å². The molecule has 0 spiro atoms. The zero-order valence-electron chi connectivity index (χ0n) is 12.4. The van der Waals surface area contributed by atoms with Gasteiger partial charge >= 0.3 is 0 Å². The topological polar surface area (TPSA) is 12.5 Å². The van der Waals surface area contributed by atoms with Crippen molar-refractivity contribution in [2.75, 3.05) is 32.8 Å². The van der Waals surface area contributed by atoms with E-state index >= 15 is 0 Å². The van der Waals surface area contributed by atoms with Crippen molar-refractivity contribution >= 4 is 0 Å². The van der Waals surface area contributed by atoms with Crippen molar-refractivity contribution < 1.29 is 4.74 Å². The van der Waals surface area contributed by atoms with E-state index in [4.69, 9.17) is 4.74 Å². The quantitative estimate of drug-likeness (QED) is 0.806. The summed E-state index contributed by atoms with van der Waals surface area (Å²) in [5, 5.41) is 0. The van der Waals surface area contributed by atoms with Crippen LogP contribution >= 0.6 is 0 Å². The number of hydrogen-bond donors (Lipinski definition) is 0. The largest absolute Gasteiger partial charge is 0.380 e. The zero-order valence-corrected chi connectivity index (χ0v) is 12.4. The minimum absolute atomic E-state index is 0.375. The molecule has 2 heteroatoms. The molecule has 0 saturated carbocycles. The molecule has 0 aromatic heterocycles. The summed E-state index contributed by atoms with van der Waals surface area (Å²) in [4.78, 5) is 2.57. The summed E-state index contributed by atoms with van der Waals surface area (Å²) in [6.07, 6.45) is 3.60. The molecule has 0 radical (unpaired) electrons. The van der Waals surface area contributed by atoms with Gasteiger partial charge in [0.25, 0.3) is 0 Å². The van der Waals surface area contributed by atoms with Crippen LogP contribution in [0.2, 0.25) is 0 Å². The number of hydrogen-bond acceptors (Lipinski definition) is 2. The second-order valence-corrected chi connectivity index (χ2v) is 6.39. The molecule has 1 aliphatic heterocycles. The molecule has 19 heavy (non-hydrogen) atoms. The Kier molecular flexibility index (Phi) is 5.41. The van der Waals surface area contributed by atoms with Gasteiger partial charge in [-0.25, -0.2) is 0 Å². The molecule has 0 aliphatic carbocycles. The fourth-order valence-electron chi connectivity index (χ4n) is 2.77. The Morgan fingerprint density at radius 2 is 1.89 bits per heavy atom. The molecule has 1 heterocycles. The third-order valence-corrected chi connectivity index (χ3v) is 3.90. The molecule has 106 valence electrons. The Morgan fingerprint density at radius 1 is 1.11 bits per heavy atom. The molecule has 1 aromatic carbocycles. The molecule has 1 aromatic rings. The van der Waals surface area contributed by atoms with Crippen LogP contribution in [-0.4, -0.2) is 37.7 Å². The zero-order chi connectivity index (χ0) is 13.6. The van der Waals surface area contributed by atoms with Gasteiger partial charge in [-0.3, -0.25) is 0 Å². The smallest absolute Gasteiger partial charge is 0.0593 e. The van der Waals surface area contributed by atoms with E-state index in [0.29, 0.717) is 5.41 Å². The number of nitrogens with zero attached hydrogens (tertiary/aromatic N) is 1. The van der Waals surface area contributed by atoms with E-state index < -0.39 is 0 Å². The van der Waals surface area contributed by atoms with Gasteiger partial charge in [0, 0.05) is 26.2 Å². The average Bonchev–Trinajstić information content (AvgIpc) is 2.66. The number of benzene rings is 1. The van der Waals surface area contributed by atoms with E-state index in [1.807, 2.05) is 0 Å². The monoisotopic (exact) mass is 261 g/mol. The Morgan fingerprint density at radius 3 is 2.68 bits per heavy atom. The average molecular weight is 261 g/mol. The van der Waals surface area contributed by atoms with Gasteiger partial charge in [0.15, 0.2) is 0 Å². The van der Waals surface area contributed by atoms with Crippen molar-refractivity contribution in [2.45, 2.75) is 33.1 Å². The van der Waals surface area contributed by atoms with Crippen molar-refractivity contribution in [3.05, 3.63) is 35.9 Å². The number of aryl methyl sites for hydroxylation is 1. The Hall–Kier alpha value is -0.860. The molecule has 0 N–H and O–H groups in total. The highest BCUT2D eigenvalue weighted by Crippen LogP contribution is 2.24. The first-order chi connectivity index (χ1) is 9.16. The molecule has 0 unspecified atom stereocenters. The van der Waals surface area contributed by atoms with E-state index in [0.717, 1.165) is 19.8 Å². The highest BCUT2D eigenvalue weighted by atomic mass is 16.5. The molecule has 1 saturated heterocycles. The summed E-state index contributed by atoms with van der Waals surface area (Å²) in [5.41, 5.74) is 1.83. The van der Waals surface area contributed by atoms with Crippen LogP contribution in [0.4, 0.5) is 0 Å². The maximum absolute atomic E-state index is 5.53. The Bertz CT molecular complexity index is 353. The lowest BCUT2D eigenvalue weighted by atomic mass is 9.85. The predicted molar refractivity (Wildman–Crippen MR) is 80.4 cm³/mol. The number of rotatable bonds is 5. The molecular formula is C17H27NO. The molecule has 0 bridgehead atoms. The fourth-order valence-corrected chi connectivity index (χ4v) is 2.77. The third-order valence-electron chi connectivity index (χ3n) is 3.90. The molecule has 0 atom stereocenters. The first kappa shape index (κ1) is 14.5. The first-order valence-electron chi connectivity index (χ1n) is 7.50. The molecule has 1 fully saturated rings. The molecule has 1 aliphatic rings. The maximum atomic E-state index is 5.53. The Labute approximate surface area is 117 Å². The lowest BCUT2D eigenvalue weighted by Gasteiger charge is -2.32. The van der Waals surface area contributed by atoms with Gasteiger partial charge in [-0.15, -0.1) is 0 Å². The third kappa shape index (κ3) is 5.33. The van der Waals surface area contributed by atoms with Gasteiger partial charge in [0.05, 0.1) is 6.61 Å². The minimum Gasteiger partial charge on any atom is -0.380 e. The van der Waals surface area contributed by atoms with Crippen LogP contribution in [0.3, 0.4) is 0 Å². The summed E-state index contributed by atoms with van der Waals surface area (Å²) in [5.74, 6) is 0. The standard InChI is InChI=1S/C17H27NO/c1-17(2,10-9-16-7-4-3-5-8-16)15-18-11-6-13-19-14-12-18/h3-5,7-8H,6,9-15H2,1-2H3. The van der Waals surface area contributed by atoms with Crippen molar-refractivity contribution in [3.63, 3.8) is 0 Å². The van der Waals surface area contributed by atoms with Crippen LogP contribution in [0.5, 0.6) is 0 Å². The molecular weight excluding hydrogens is 234 g/mol. The summed E-state index contributed by atoms with van der Waals surface area (Å²) < 4.78 is 5.53. The summed E-state index contributed by atoms with van der Waals surface area (Å²) in [7, 11) is 0.